The summed E-state index contributed by atoms with van der Waals surface area (Å²) in [5, 5.41) is 0. The minimum absolute atomic E-state index is 0.0548. The second kappa shape index (κ2) is 12.7. The maximum atomic E-state index is 2.62. The van der Waals surface area contributed by atoms with Crippen molar-refractivity contribution in [2.75, 3.05) is 4.90 Å². The van der Waals surface area contributed by atoms with E-state index >= 15 is 0 Å². The van der Waals surface area contributed by atoms with Crippen molar-refractivity contribution in [3.05, 3.63) is 162 Å². The third-order valence-corrected chi connectivity index (χ3v) is 16.4. The summed E-state index contributed by atoms with van der Waals surface area (Å²) in [6.07, 6.45) is 9.39. The molecule has 6 aromatic rings. The van der Waals surface area contributed by atoms with Crippen molar-refractivity contribution in [2.45, 2.75) is 98.7 Å². The van der Waals surface area contributed by atoms with Crippen molar-refractivity contribution < 1.29 is 0 Å². The monoisotopic (exact) mass is 747 g/mol. The fourth-order valence-electron chi connectivity index (χ4n) is 12.5. The molecule has 0 N–H and O–H groups in total. The maximum absolute atomic E-state index is 2.62. The van der Waals surface area contributed by atoms with Crippen LogP contribution in [0.1, 0.15) is 94.9 Å². The first-order chi connectivity index (χ1) is 27.2. The van der Waals surface area contributed by atoms with Crippen molar-refractivity contribution in [1.29, 1.82) is 0 Å². The van der Waals surface area contributed by atoms with Crippen molar-refractivity contribution in [2.24, 2.45) is 23.7 Å². The standard InChI is InChI=1S/C54H53NS/c1-52(2)26-27-53(3,4)48-34-44(23-25-45(48)52)55(43-21-18-39(19-22-43)37-12-7-5-8-13-37)49-17-11-16-47-51(49)56-50-33-40(38-14-9-6-10-15-38)20-24-46(50)54(47)41-29-35-28-36(31-41)32-42(54)30-35/h5-25,33-36,41-42H,26-32H2,1-4H3. The van der Waals surface area contributed by atoms with Gasteiger partial charge in [-0.25, -0.2) is 0 Å². The van der Waals surface area contributed by atoms with Crippen LogP contribution in [0, 0.1) is 23.7 Å². The van der Waals surface area contributed by atoms with Gasteiger partial charge in [-0.15, -0.1) is 0 Å². The van der Waals surface area contributed by atoms with Gasteiger partial charge in [0.2, 0.25) is 0 Å². The second-order valence-corrected chi connectivity index (χ2v) is 20.3. The summed E-state index contributed by atoms with van der Waals surface area (Å²) < 4.78 is 0. The molecule has 4 bridgehead atoms. The predicted octanol–water partition coefficient (Wildman–Crippen LogP) is 15.0. The smallest absolute Gasteiger partial charge is 0.0604 e. The molecule has 0 atom stereocenters. The summed E-state index contributed by atoms with van der Waals surface area (Å²) in [4.78, 5) is 5.54. The van der Waals surface area contributed by atoms with Crippen LogP contribution >= 0.6 is 11.8 Å². The van der Waals surface area contributed by atoms with E-state index in [2.05, 4.69) is 172 Å². The molecule has 6 aromatic carbocycles. The van der Waals surface area contributed by atoms with Gasteiger partial charge in [0.25, 0.3) is 0 Å². The highest BCUT2D eigenvalue weighted by molar-refractivity contribution is 7.99. The minimum Gasteiger partial charge on any atom is -0.309 e. The molecule has 1 aliphatic heterocycles. The summed E-state index contributed by atoms with van der Waals surface area (Å²) in [6.45, 7) is 9.80. The van der Waals surface area contributed by atoms with Gasteiger partial charge in [0, 0.05) is 26.6 Å². The topological polar surface area (TPSA) is 3.24 Å². The van der Waals surface area contributed by atoms with Crippen molar-refractivity contribution >= 4 is 28.8 Å². The summed E-state index contributed by atoms with van der Waals surface area (Å²) in [6, 6.07) is 53.6. The number of anilines is 3. The SMILES string of the molecule is CC1(C)CCC(C)(C)c2cc(N(c3ccc(-c4ccccc4)cc3)c3cccc4c3Sc3cc(-c5ccccc5)ccc3C43C4CC5CC(C4)CC3C5)ccc21. The second-order valence-electron chi connectivity index (χ2n) is 19.3. The first-order valence-corrected chi connectivity index (χ1v) is 22.1. The first-order valence-electron chi connectivity index (χ1n) is 21.3. The Morgan fingerprint density at radius 3 is 1.68 bits per heavy atom. The Kier molecular flexibility index (Phi) is 7.89. The Labute approximate surface area is 338 Å². The van der Waals surface area contributed by atoms with Gasteiger partial charge in [0.05, 0.1) is 5.69 Å². The van der Waals surface area contributed by atoms with Gasteiger partial charge in [-0.2, -0.15) is 0 Å². The molecule has 4 fully saturated rings. The van der Waals surface area contributed by atoms with Crippen molar-refractivity contribution in [1.82, 2.24) is 0 Å². The summed E-state index contributed by atoms with van der Waals surface area (Å²) >= 11 is 2.04. The third kappa shape index (κ3) is 5.27. The fourth-order valence-corrected chi connectivity index (χ4v) is 13.9. The molecule has 0 saturated heterocycles. The van der Waals surface area contributed by atoms with Crippen LogP contribution < -0.4 is 4.90 Å². The van der Waals surface area contributed by atoms with Gasteiger partial charge in [-0.1, -0.05) is 143 Å². The number of rotatable bonds is 5. The Hall–Kier alpha value is -4.53. The number of fused-ring (bicyclic) bond motifs is 3. The Balaban J connectivity index is 1.14. The predicted molar refractivity (Wildman–Crippen MR) is 236 cm³/mol. The van der Waals surface area contributed by atoms with E-state index in [0.717, 1.165) is 11.8 Å². The van der Waals surface area contributed by atoms with Crippen LogP contribution in [0.3, 0.4) is 0 Å². The molecule has 56 heavy (non-hydrogen) atoms. The lowest BCUT2D eigenvalue weighted by Gasteiger charge is -2.63. The zero-order chi connectivity index (χ0) is 37.8. The number of benzene rings is 6. The molecule has 0 aromatic heterocycles. The molecule has 0 amide bonds. The van der Waals surface area contributed by atoms with E-state index in [4.69, 9.17) is 0 Å². The average molecular weight is 748 g/mol. The van der Waals surface area contributed by atoms with Gasteiger partial charge < -0.3 is 4.90 Å². The highest BCUT2D eigenvalue weighted by atomic mass is 32.2. The van der Waals surface area contributed by atoms with E-state index in [9.17, 15) is 0 Å². The molecule has 6 aliphatic rings. The molecule has 1 heterocycles. The maximum Gasteiger partial charge on any atom is 0.0604 e. The van der Waals surface area contributed by atoms with Crippen LogP contribution in [-0.4, -0.2) is 0 Å². The number of hydrogen-bond acceptors (Lipinski definition) is 2. The lowest BCUT2D eigenvalue weighted by molar-refractivity contribution is -0.0443. The average Bonchev–Trinajstić information content (AvgIpc) is 3.22. The summed E-state index contributed by atoms with van der Waals surface area (Å²) in [7, 11) is 0. The molecule has 280 valence electrons. The van der Waals surface area contributed by atoms with Gasteiger partial charge in [-0.3, -0.25) is 0 Å². The van der Waals surface area contributed by atoms with Crippen LogP contribution in [0.15, 0.2) is 149 Å². The van der Waals surface area contributed by atoms with Gasteiger partial charge in [0.1, 0.15) is 0 Å². The third-order valence-electron chi connectivity index (χ3n) is 15.2. The zero-order valence-corrected chi connectivity index (χ0v) is 34.2. The van der Waals surface area contributed by atoms with E-state index in [-0.39, 0.29) is 16.2 Å². The van der Waals surface area contributed by atoms with Crippen LogP contribution in [0.25, 0.3) is 22.3 Å². The summed E-state index contributed by atoms with van der Waals surface area (Å²) in [5.74, 6) is 3.19. The first kappa shape index (κ1) is 34.7. The molecule has 5 aliphatic carbocycles. The van der Waals surface area contributed by atoms with E-state index in [1.165, 1.54) is 105 Å². The fraction of sp³-hybridized carbons (Fsp3) is 0.333. The molecule has 12 rings (SSSR count). The van der Waals surface area contributed by atoms with E-state index in [0.29, 0.717) is 11.8 Å². The molecular weight excluding hydrogens is 695 g/mol. The lowest BCUT2D eigenvalue weighted by atomic mass is 9.42. The van der Waals surface area contributed by atoms with Crippen molar-refractivity contribution in [3.8, 4) is 22.3 Å². The number of hydrogen-bond donors (Lipinski definition) is 0. The van der Waals surface area contributed by atoms with Crippen LogP contribution in [0.5, 0.6) is 0 Å². The van der Waals surface area contributed by atoms with Gasteiger partial charge >= 0.3 is 0 Å². The van der Waals surface area contributed by atoms with Gasteiger partial charge in [-0.05, 0) is 160 Å². The number of nitrogens with zero attached hydrogens (tertiary/aromatic N) is 1. The molecular formula is C54H53NS. The molecule has 2 heteroatoms. The van der Waals surface area contributed by atoms with Crippen LogP contribution in [0.4, 0.5) is 17.1 Å². The molecule has 0 radical (unpaired) electrons. The van der Waals surface area contributed by atoms with E-state index in [1.807, 2.05) is 11.8 Å². The highest BCUT2D eigenvalue weighted by Crippen LogP contribution is 2.70. The molecule has 0 unspecified atom stereocenters. The Bertz CT molecular complexity index is 2430. The quantitative estimate of drug-likeness (QED) is 0.173. The van der Waals surface area contributed by atoms with Crippen LogP contribution in [0.2, 0.25) is 0 Å². The summed E-state index contributed by atoms with van der Waals surface area (Å²) in [5.41, 5.74) is 15.5. The highest BCUT2D eigenvalue weighted by Gasteiger charge is 2.61. The normalized spacial score (nSPS) is 26.0. The van der Waals surface area contributed by atoms with Gasteiger partial charge in [0.15, 0.2) is 0 Å². The lowest BCUT2D eigenvalue weighted by Crippen LogP contribution is -2.57. The van der Waals surface area contributed by atoms with E-state index in [1.54, 1.807) is 11.1 Å². The molecule has 1 spiro atoms. The van der Waals surface area contributed by atoms with Crippen LogP contribution in [-0.2, 0) is 16.2 Å². The van der Waals surface area contributed by atoms with Crippen molar-refractivity contribution in [3.63, 3.8) is 0 Å². The van der Waals surface area contributed by atoms with E-state index < -0.39 is 0 Å². The largest absolute Gasteiger partial charge is 0.309 e. The zero-order valence-electron chi connectivity index (χ0n) is 33.4. The Morgan fingerprint density at radius 1 is 0.464 bits per heavy atom. The molecule has 4 saturated carbocycles. The minimum atomic E-state index is 0.0548. The Morgan fingerprint density at radius 2 is 1.02 bits per heavy atom. The molecule has 1 nitrogen and oxygen atoms in total.